The number of carbonyl (C=O) groups excluding carboxylic acids is 6. The highest BCUT2D eigenvalue weighted by atomic mass is 32.2. The molecule has 0 radical (unpaired) electrons. The SMILES string of the molecule is O=C(CCC(=O)N1Cc2ccccc2C#Cc2ccccc21)NCCOC(=O)NS(=O)(=O)NCCOCCOCCN(CCOCCOCCNS(=O)(=O)NC(=O)OCC1[C@H]2CCC#CCC[C@@H]12)C(=O)OCCOCCOC(=O)Oc1ccc([N+](=O)[O-])cc1. The van der Waals surface area contributed by atoms with Crippen molar-refractivity contribution >= 4 is 68.0 Å². The predicted molar refractivity (Wildman–Crippen MR) is 314 cm³/mol. The Morgan fingerprint density at radius 1 is 0.596 bits per heavy atom. The second-order valence-corrected chi connectivity index (χ2v) is 22.5. The van der Waals surface area contributed by atoms with E-state index in [-0.39, 0.29) is 168 Å². The fraction of sp³-hybridized carbons (Fsp3) is 0.509. The summed E-state index contributed by atoms with van der Waals surface area (Å²) >= 11 is 0. The van der Waals surface area contributed by atoms with Crippen molar-refractivity contribution in [3.05, 3.63) is 99.6 Å². The van der Waals surface area contributed by atoms with E-state index in [4.69, 9.17) is 47.4 Å². The number of amides is 5. The molecule has 32 heteroatoms. The number of ether oxygens (including phenoxy) is 10. The van der Waals surface area contributed by atoms with Gasteiger partial charge in [0.2, 0.25) is 11.8 Å². The number of benzene rings is 3. The maximum atomic E-state index is 13.4. The van der Waals surface area contributed by atoms with Crippen molar-refractivity contribution in [2.45, 2.75) is 45.1 Å². The summed E-state index contributed by atoms with van der Waals surface area (Å²) in [5.41, 5.74) is 2.78. The number of nitrogens with zero attached hydrogens (tertiary/aromatic N) is 3. The van der Waals surface area contributed by atoms with Crippen molar-refractivity contribution in [2.75, 3.05) is 130 Å². The van der Waals surface area contributed by atoms with E-state index in [1.807, 2.05) is 41.1 Å². The molecule has 0 bridgehead atoms. The fourth-order valence-electron chi connectivity index (χ4n) is 8.90. The molecule has 484 valence electrons. The zero-order valence-electron chi connectivity index (χ0n) is 48.7. The first kappa shape index (κ1) is 69.9. The van der Waals surface area contributed by atoms with E-state index >= 15 is 0 Å². The normalized spacial score (nSPS) is 15.5. The quantitative estimate of drug-likeness (QED) is 0.0105. The number of nitro benzene ring substituents is 1. The lowest BCUT2D eigenvalue weighted by atomic mass is 10.0. The lowest BCUT2D eigenvalue weighted by molar-refractivity contribution is -0.384. The van der Waals surface area contributed by atoms with Gasteiger partial charge in [-0.2, -0.15) is 26.3 Å². The fourth-order valence-corrected chi connectivity index (χ4v) is 10.3. The molecule has 89 heavy (non-hydrogen) atoms. The van der Waals surface area contributed by atoms with E-state index in [2.05, 4.69) is 38.4 Å². The monoisotopic (exact) mass is 1280 g/mol. The zero-order chi connectivity index (χ0) is 63.7. The van der Waals surface area contributed by atoms with E-state index < -0.39 is 55.7 Å². The minimum Gasteiger partial charge on any atom is -0.449 e. The molecule has 2 aliphatic carbocycles. The first-order valence-corrected chi connectivity index (χ1v) is 31.4. The number of hydrogen-bond donors (Lipinski definition) is 5. The van der Waals surface area contributed by atoms with Gasteiger partial charge in [0, 0.05) is 75.1 Å². The molecule has 0 aromatic heterocycles. The topological polar surface area (TPSA) is 373 Å². The van der Waals surface area contributed by atoms with Crippen LogP contribution in [0.15, 0.2) is 72.8 Å². The van der Waals surface area contributed by atoms with Crippen LogP contribution in [-0.4, -0.2) is 188 Å². The standard InChI is InChI=1S/C57H72N8O22S2/c66-52(21-22-53(67)64-41-45-11-6-5-9-43(45)15-16-44-10-7-8-14-51(44)64)58-23-30-83-54(68)61-88(74,75)59-24-28-78-33-35-80-31-26-63(56(70)84-39-37-82-38-40-85-57(71)87-47-19-17-46(18-20-47)65(72)73)27-32-81-36-34-79-29-25-60-89(76,77)62-55(69)86-42-50-48-12-3-1-2-4-13-49(48)50/h5-11,14,17-20,48-50,59-60H,3-4,12-13,21-42H2,(H,58,66)(H,61,68)(H,62,69)/t48-,49+,50?. The molecule has 1 unspecified atom stereocenters. The molecule has 0 spiro atoms. The molecular formula is C57H72N8O22S2. The molecule has 30 nitrogen and oxygen atoms in total. The van der Waals surface area contributed by atoms with Gasteiger partial charge >= 0.3 is 44.9 Å². The lowest BCUT2D eigenvalue weighted by Gasteiger charge is -2.26. The third-order valence-corrected chi connectivity index (χ3v) is 15.4. The lowest BCUT2D eigenvalue weighted by Crippen LogP contribution is -2.42. The highest BCUT2D eigenvalue weighted by Gasteiger charge is 2.49. The van der Waals surface area contributed by atoms with Gasteiger partial charge in [0.05, 0.1) is 96.4 Å². The summed E-state index contributed by atoms with van der Waals surface area (Å²) < 4.78 is 110. The van der Waals surface area contributed by atoms with Crippen LogP contribution in [0, 0.1) is 51.5 Å². The smallest absolute Gasteiger partial charge is 0.449 e. The van der Waals surface area contributed by atoms with Gasteiger partial charge in [0.15, 0.2) is 0 Å². The molecule has 6 rings (SSSR count). The van der Waals surface area contributed by atoms with Crippen molar-refractivity contribution in [3.8, 4) is 29.4 Å². The Labute approximate surface area is 515 Å². The van der Waals surface area contributed by atoms with Crippen LogP contribution in [0.2, 0.25) is 0 Å². The van der Waals surface area contributed by atoms with Gasteiger partial charge in [-0.05, 0) is 66.5 Å². The van der Waals surface area contributed by atoms with Crippen molar-refractivity contribution in [3.63, 3.8) is 0 Å². The summed E-state index contributed by atoms with van der Waals surface area (Å²) in [4.78, 5) is 88.5. The summed E-state index contributed by atoms with van der Waals surface area (Å²) in [6.45, 7) is -1.03. The molecule has 3 aromatic rings. The third kappa shape index (κ3) is 26.6. The number of para-hydroxylation sites is 1. The van der Waals surface area contributed by atoms with Crippen LogP contribution in [0.5, 0.6) is 5.75 Å². The van der Waals surface area contributed by atoms with Gasteiger partial charge in [0.25, 0.3) is 5.69 Å². The predicted octanol–water partition coefficient (Wildman–Crippen LogP) is 3.04. The van der Waals surface area contributed by atoms with E-state index in [1.54, 1.807) is 21.8 Å². The van der Waals surface area contributed by atoms with Gasteiger partial charge in [-0.1, -0.05) is 42.2 Å². The summed E-state index contributed by atoms with van der Waals surface area (Å²) in [7, 11) is -8.57. The molecule has 5 N–H and O–H groups in total. The third-order valence-electron chi connectivity index (χ3n) is 13.3. The minimum atomic E-state index is -4.36. The van der Waals surface area contributed by atoms with Crippen LogP contribution < -0.4 is 33.8 Å². The number of anilines is 1. The average molecular weight is 1290 g/mol. The van der Waals surface area contributed by atoms with Crippen LogP contribution in [0.1, 0.15) is 55.2 Å². The molecule has 1 saturated carbocycles. The second-order valence-electron chi connectivity index (χ2n) is 19.5. The van der Waals surface area contributed by atoms with E-state index in [0.29, 0.717) is 23.1 Å². The largest absolute Gasteiger partial charge is 0.513 e. The molecule has 1 aliphatic heterocycles. The number of nitro groups is 1. The van der Waals surface area contributed by atoms with Crippen LogP contribution in [0.4, 0.5) is 30.6 Å². The molecule has 1 heterocycles. The van der Waals surface area contributed by atoms with E-state index in [0.717, 1.165) is 48.9 Å². The Bertz CT molecular complexity index is 3190. The highest BCUT2D eigenvalue weighted by Crippen LogP contribution is 2.52. The Morgan fingerprint density at radius 3 is 1.76 bits per heavy atom. The number of fused-ring (bicyclic) bond motifs is 3. The van der Waals surface area contributed by atoms with Crippen LogP contribution in [-0.2, 0) is 79.2 Å². The summed E-state index contributed by atoms with van der Waals surface area (Å²) in [6, 6.07) is 19.5. The van der Waals surface area contributed by atoms with Crippen LogP contribution in [0.25, 0.3) is 0 Å². The first-order chi connectivity index (χ1) is 43.0. The molecule has 0 saturated heterocycles. The maximum Gasteiger partial charge on any atom is 0.513 e. The Kier molecular flexibility index (Phi) is 29.5. The number of nitrogens with one attached hydrogen (secondary N) is 5. The maximum absolute atomic E-state index is 13.4. The molecule has 3 atom stereocenters. The van der Waals surface area contributed by atoms with Gasteiger partial charge in [-0.15, -0.1) is 11.8 Å². The van der Waals surface area contributed by atoms with Gasteiger partial charge in [-0.3, -0.25) is 19.7 Å². The average Bonchev–Trinajstić information content (AvgIpc) is 1.75. The molecule has 3 aromatic carbocycles. The van der Waals surface area contributed by atoms with Crippen molar-refractivity contribution in [2.24, 2.45) is 17.8 Å². The number of hydrogen-bond acceptors (Lipinski definition) is 22. The van der Waals surface area contributed by atoms with E-state index in [9.17, 15) is 55.7 Å². The van der Waals surface area contributed by atoms with Gasteiger partial charge in [-0.25, -0.2) is 28.6 Å². The minimum absolute atomic E-state index is 0.00747. The number of rotatable bonds is 38. The highest BCUT2D eigenvalue weighted by molar-refractivity contribution is 7.88. The summed E-state index contributed by atoms with van der Waals surface area (Å²) in [5.74, 6) is 12.8. The van der Waals surface area contributed by atoms with Crippen LogP contribution >= 0.6 is 0 Å². The Hall–Kier alpha value is -8.18. The summed E-state index contributed by atoms with van der Waals surface area (Å²) in [6.07, 6.45) is -1.00. The second kappa shape index (κ2) is 37.6. The number of carbonyl (C=O) groups is 6. The van der Waals surface area contributed by atoms with E-state index in [1.165, 1.54) is 17.0 Å². The Morgan fingerprint density at radius 2 is 1.13 bits per heavy atom. The zero-order valence-corrected chi connectivity index (χ0v) is 50.3. The van der Waals surface area contributed by atoms with Gasteiger partial charge in [0.1, 0.15) is 25.6 Å². The van der Waals surface area contributed by atoms with Crippen molar-refractivity contribution in [1.29, 1.82) is 0 Å². The molecule has 5 amide bonds. The van der Waals surface area contributed by atoms with Crippen LogP contribution in [0.3, 0.4) is 0 Å². The van der Waals surface area contributed by atoms with Crippen molar-refractivity contribution in [1.82, 2.24) is 29.1 Å². The number of non-ortho nitro benzene ring substituents is 1. The molecule has 1 fully saturated rings. The first-order valence-electron chi connectivity index (χ1n) is 28.5. The Balaban J connectivity index is 0.800. The van der Waals surface area contributed by atoms with Gasteiger partial charge < -0.3 is 62.5 Å². The molecule has 3 aliphatic rings. The van der Waals surface area contributed by atoms with Crippen molar-refractivity contribution < 1.29 is 97.9 Å². The molecular weight excluding hydrogens is 1210 g/mol. The summed E-state index contributed by atoms with van der Waals surface area (Å²) in [5, 5.41) is 13.4.